The van der Waals surface area contributed by atoms with Gasteiger partial charge >= 0.3 is 12.1 Å². The van der Waals surface area contributed by atoms with Crippen molar-refractivity contribution in [2.24, 2.45) is 0 Å². The molecule has 0 fully saturated rings. The number of rotatable bonds is 5. The molecule has 0 aromatic heterocycles. The topological polar surface area (TPSA) is 66.8 Å². The Morgan fingerprint density at radius 3 is 2.34 bits per heavy atom. The zero-order valence-electron chi connectivity index (χ0n) is 17.6. The lowest BCUT2D eigenvalue weighted by atomic mass is 9.95. The SMILES string of the molecule is C=C(/C=C\C(C(=O)O)=C(/C)C1=CCN(C(=O)OC(C)(C)C)CC1)c1ccccc1. The van der Waals surface area contributed by atoms with Crippen LogP contribution in [0, 0.1) is 0 Å². The Labute approximate surface area is 172 Å². The molecule has 2 rings (SSSR count). The van der Waals surface area contributed by atoms with Gasteiger partial charge in [-0.2, -0.15) is 0 Å². The number of nitrogens with zero attached hydrogens (tertiary/aromatic N) is 1. The van der Waals surface area contributed by atoms with E-state index in [0.717, 1.165) is 16.7 Å². The van der Waals surface area contributed by atoms with Crippen LogP contribution in [-0.4, -0.2) is 40.8 Å². The number of benzene rings is 1. The molecule has 0 bridgehead atoms. The molecule has 154 valence electrons. The predicted molar refractivity (Wildman–Crippen MR) is 115 cm³/mol. The minimum absolute atomic E-state index is 0.221. The third-order valence-electron chi connectivity index (χ3n) is 4.57. The van der Waals surface area contributed by atoms with Crippen molar-refractivity contribution < 1.29 is 19.4 Å². The normalized spacial score (nSPS) is 15.6. The minimum atomic E-state index is -0.991. The second-order valence-corrected chi connectivity index (χ2v) is 7.97. The highest BCUT2D eigenvalue weighted by molar-refractivity contribution is 5.92. The number of allylic oxidation sites excluding steroid dienone is 3. The van der Waals surface area contributed by atoms with E-state index < -0.39 is 11.6 Å². The van der Waals surface area contributed by atoms with Crippen molar-refractivity contribution in [3.63, 3.8) is 0 Å². The summed E-state index contributed by atoms with van der Waals surface area (Å²) in [5, 5.41) is 9.68. The number of hydrogen-bond acceptors (Lipinski definition) is 3. The van der Waals surface area contributed by atoms with Gasteiger partial charge in [-0.1, -0.05) is 49.1 Å². The van der Waals surface area contributed by atoms with Crippen molar-refractivity contribution in [3.05, 3.63) is 77.4 Å². The first-order chi connectivity index (χ1) is 13.6. The molecule has 0 spiro atoms. The summed E-state index contributed by atoms with van der Waals surface area (Å²) in [6.07, 6.45) is 5.43. The van der Waals surface area contributed by atoms with Crippen LogP contribution in [0.1, 0.15) is 39.7 Å². The first kappa shape index (κ1) is 22.2. The maximum Gasteiger partial charge on any atom is 0.410 e. The Morgan fingerprint density at radius 2 is 1.83 bits per heavy atom. The molecule has 1 heterocycles. The summed E-state index contributed by atoms with van der Waals surface area (Å²) in [7, 11) is 0. The van der Waals surface area contributed by atoms with Crippen LogP contribution in [0.25, 0.3) is 5.57 Å². The van der Waals surface area contributed by atoms with E-state index >= 15 is 0 Å². The van der Waals surface area contributed by atoms with Crippen LogP contribution in [0.3, 0.4) is 0 Å². The average molecular weight is 395 g/mol. The molecule has 0 atom stereocenters. The summed E-state index contributed by atoms with van der Waals surface area (Å²) >= 11 is 0. The van der Waals surface area contributed by atoms with Crippen LogP contribution in [-0.2, 0) is 9.53 Å². The lowest BCUT2D eigenvalue weighted by Crippen LogP contribution is -2.39. The van der Waals surface area contributed by atoms with E-state index in [9.17, 15) is 14.7 Å². The van der Waals surface area contributed by atoms with Gasteiger partial charge < -0.3 is 14.7 Å². The number of ether oxygens (including phenoxy) is 1. The highest BCUT2D eigenvalue weighted by Gasteiger charge is 2.24. The van der Waals surface area contributed by atoms with Crippen molar-refractivity contribution >= 4 is 17.6 Å². The second-order valence-electron chi connectivity index (χ2n) is 7.97. The monoisotopic (exact) mass is 395 g/mol. The third-order valence-corrected chi connectivity index (χ3v) is 4.57. The molecule has 5 nitrogen and oxygen atoms in total. The van der Waals surface area contributed by atoms with Gasteiger partial charge in [0.25, 0.3) is 0 Å². The highest BCUT2D eigenvalue weighted by Crippen LogP contribution is 2.24. The van der Waals surface area contributed by atoms with E-state index in [1.807, 2.05) is 57.2 Å². The number of carbonyl (C=O) groups is 2. The molecule has 1 aliphatic rings. The fourth-order valence-corrected chi connectivity index (χ4v) is 2.96. The van der Waals surface area contributed by atoms with Gasteiger partial charge in [0, 0.05) is 13.1 Å². The van der Waals surface area contributed by atoms with Crippen LogP contribution in [0.2, 0.25) is 0 Å². The van der Waals surface area contributed by atoms with Gasteiger partial charge in [0.15, 0.2) is 0 Å². The third kappa shape index (κ3) is 6.49. The maximum atomic E-state index is 12.2. The quantitative estimate of drug-likeness (QED) is 0.548. The predicted octanol–water partition coefficient (Wildman–Crippen LogP) is 5.22. The molecular formula is C24H29NO4. The molecule has 1 amide bonds. The van der Waals surface area contributed by atoms with Crippen LogP contribution < -0.4 is 0 Å². The summed E-state index contributed by atoms with van der Waals surface area (Å²) in [6.45, 7) is 12.2. The van der Waals surface area contributed by atoms with E-state index in [0.29, 0.717) is 25.1 Å². The highest BCUT2D eigenvalue weighted by atomic mass is 16.6. The lowest BCUT2D eigenvalue weighted by molar-refractivity contribution is -0.132. The summed E-state index contributed by atoms with van der Waals surface area (Å²) in [5.74, 6) is -0.991. The first-order valence-electron chi connectivity index (χ1n) is 9.62. The molecule has 1 aromatic rings. The van der Waals surface area contributed by atoms with Gasteiger partial charge in [0.05, 0.1) is 5.57 Å². The summed E-state index contributed by atoms with van der Waals surface area (Å²) in [4.78, 5) is 25.6. The largest absolute Gasteiger partial charge is 0.478 e. The number of carboxylic acids is 1. The molecule has 1 N–H and O–H groups in total. The smallest absolute Gasteiger partial charge is 0.410 e. The molecule has 0 saturated carbocycles. The zero-order valence-corrected chi connectivity index (χ0v) is 17.6. The van der Waals surface area contributed by atoms with Crippen molar-refractivity contribution in [1.82, 2.24) is 4.90 Å². The molecule has 0 aliphatic carbocycles. The van der Waals surface area contributed by atoms with E-state index in [1.54, 1.807) is 24.0 Å². The van der Waals surface area contributed by atoms with Gasteiger partial charge in [-0.15, -0.1) is 0 Å². The van der Waals surface area contributed by atoms with E-state index in [2.05, 4.69) is 6.58 Å². The van der Waals surface area contributed by atoms with Crippen LogP contribution in [0.4, 0.5) is 4.79 Å². The summed E-state index contributed by atoms with van der Waals surface area (Å²) in [6, 6.07) is 9.61. The summed E-state index contributed by atoms with van der Waals surface area (Å²) < 4.78 is 5.40. The standard InChI is InChI=1S/C24H29NO4/c1-17(19-9-7-6-8-10-19)11-12-21(22(26)27)18(2)20-13-15-25(16-14-20)23(28)29-24(3,4)5/h6-13H,1,14-16H2,2-5H3,(H,26,27)/b12-11-,21-18-. The Morgan fingerprint density at radius 1 is 1.17 bits per heavy atom. The Hall–Kier alpha value is -3.08. The van der Waals surface area contributed by atoms with Gasteiger partial charge in [0.1, 0.15) is 5.60 Å². The molecule has 1 aromatic carbocycles. The molecular weight excluding hydrogens is 366 g/mol. The van der Waals surface area contributed by atoms with Crippen molar-refractivity contribution in [2.75, 3.05) is 13.1 Å². The summed E-state index contributed by atoms with van der Waals surface area (Å²) in [5.41, 5.74) is 2.98. The fraction of sp³-hybridized carbons (Fsp3) is 0.333. The van der Waals surface area contributed by atoms with Gasteiger partial charge in [-0.25, -0.2) is 9.59 Å². The van der Waals surface area contributed by atoms with Crippen LogP contribution in [0.15, 0.2) is 71.9 Å². The Kier molecular flexibility index (Phi) is 7.21. The van der Waals surface area contributed by atoms with Crippen molar-refractivity contribution in [2.45, 2.75) is 39.7 Å². The molecule has 29 heavy (non-hydrogen) atoms. The van der Waals surface area contributed by atoms with Crippen LogP contribution in [0.5, 0.6) is 0 Å². The Bertz CT molecular complexity index is 870. The molecule has 5 heteroatoms. The molecule has 0 saturated heterocycles. The lowest BCUT2D eigenvalue weighted by Gasteiger charge is -2.30. The van der Waals surface area contributed by atoms with E-state index in [4.69, 9.17) is 4.74 Å². The van der Waals surface area contributed by atoms with E-state index in [1.165, 1.54) is 0 Å². The van der Waals surface area contributed by atoms with Gasteiger partial charge in [0.2, 0.25) is 0 Å². The van der Waals surface area contributed by atoms with E-state index in [-0.39, 0.29) is 11.7 Å². The number of carboxylic acid groups (broad SMARTS) is 1. The maximum absolute atomic E-state index is 12.2. The number of carbonyl (C=O) groups excluding carboxylic acids is 1. The average Bonchev–Trinajstić information content (AvgIpc) is 2.67. The number of hydrogen-bond donors (Lipinski definition) is 1. The fourth-order valence-electron chi connectivity index (χ4n) is 2.96. The Balaban J connectivity index is 2.16. The van der Waals surface area contributed by atoms with Crippen LogP contribution >= 0.6 is 0 Å². The number of aliphatic carboxylic acids is 1. The number of amides is 1. The minimum Gasteiger partial charge on any atom is -0.478 e. The van der Waals surface area contributed by atoms with Crippen molar-refractivity contribution in [1.29, 1.82) is 0 Å². The molecule has 0 unspecified atom stereocenters. The van der Waals surface area contributed by atoms with Gasteiger partial charge in [-0.3, -0.25) is 0 Å². The first-order valence-corrected chi connectivity index (χ1v) is 9.62. The van der Waals surface area contributed by atoms with Gasteiger partial charge in [-0.05, 0) is 62.5 Å². The second kappa shape index (κ2) is 9.41. The van der Waals surface area contributed by atoms with Crippen molar-refractivity contribution in [3.8, 4) is 0 Å². The molecule has 1 aliphatic heterocycles. The zero-order chi connectivity index (χ0) is 21.6. The molecule has 0 radical (unpaired) electrons.